The maximum Gasteiger partial charge on any atom is 0.269 e. The van der Waals surface area contributed by atoms with Crippen molar-refractivity contribution in [2.24, 2.45) is 0 Å². The third-order valence-electron chi connectivity index (χ3n) is 2.88. The molecule has 0 radical (unpaired) electrons. The second-order valence-electron chi connectivity index (χ2n) is 4.24. The van der Waals surface area contributed by atoms with Crippen molar-refractivity contribution in [2.45, 2.75) is 11.2 Å². The highest BCUT2D eigenvalue weighted by molar-refractivity contribution is 9.09. The average Bonchev–Trinajstić information content (AvgIpc) is 2.42. The van der Waals surface area contributed by atoms with Gasteiger partial charge in [-0.1, -0.05) is 51.8 Å². The molecule has 0 heterocycles. The highest BCUT2D eigenvalue weighted by Crippen LogP contribution is 2.32. The zero-order valence-electron chi connectivity index (χ0n) is 10.2. The van der Waals surface area contributed by atoms with Crippen LogP contribution in [0.5, 0.6) is 0 Å². The van der Waals surface area contributed by atoms with Crippen LogP contribution in [0.4, 0.5) is 10.1 Å². The number of benzene rings is 2. The lowest BCUT2D eigenvalue weighted by Crippen LogP contribution is -1.99. The van der Waals surface area contributed by atoms with Crippen molar-refractivity contribution in [3.8, 4) is 0 Å². The third-order valence-corrected chi connectivity index (χ3v) is 3.99. The molecule has 0 spiro atoms. The summed E-state index contributed by atoms with van der Waals surface area (Å²) in [6, 6.07) is 11.0. The SMILES string of the molecule is O=[N+]([O-])c1ccc(CC(Br)c2cccc(Cl)c2F)cc1. The minimum atomic E-state index is -0.452. The maximum atomic E-state index is 13.9. The van der Waals surface area contributed by atoms with Gasteiger partial charge in [0, 0.05) is 22.5 Å². The van der Waals surface area contributed by atoms with Crippen molar-refractivity contribution in [1.29, 1.82) is 0 Å². The van der Waals surface area contributed by atoms with Crippen LogP contribution in [0.2, 0.25) is 5.02 Å². The summed E-state index contributed by atoms with van der Waals surface area (Å²) in [5.41, 5.74) is 1.38. The molecule has 3 nitrogen and oxygen atoms in total. The summed E-state index contributed by atoms with van der Waals surface area (Å²) in [5.74, 6) is -0.446. The number of hydrogen-bond donors (Lipinski definition) is 0. The molecule has 0 N–H and O–H groups in total. The smallest absolute Gasteiger partial charge is 0.258 e. The molecule has 0 fully saturated rings. The van der Waals surface area contributed by atoms with Crippen molar-refractivity contribution in [3.05, 3.63) is 74.5 Å². The first-order valence-corrected chi connectivity index (χ1v) is 7.09. The molecule has 104 valence electrons. The number of halogens is 3. The van der Waals surface area contributed by atoms with Crippen LogP contribution in [0.3, 0.4) is 0 Å². The number of non-ortho nitro benzene ring substituents is 1. The molecule has 1 unspecified atom stereocenters. The third kappa shape index (κ3) is 3.35. The van der Waals surface area contributed by atoms with Gasteiger partial charge in [0.2, 0.25) is 0 Å². The fourth-order valence-corrected chi connectivity index (χ4v) is 2.74. The zero-order valence-corrected chi connectivity index (χ0v) is 12.6. The fraction of sp³-hybridized carbons (Fsp3) is 0.143. The second kappa shape index (κ2) is 6.33. The van der Waals surface area contributed by atoms with E-state index in [2.05, 4.69) is 15.9 Å². The van der Waals surface area contributed by atoms with E-state index < -0.39 is 10.7 Å². The molecule has 20 heavy (non-hydrogen) atoms. The summed E-state index contributed by atoms with van der Waals surface area (Å²) in [6.07, 6.45) is 0.509. The number of hydrogen-bond acceptors (Lipinski definition) is 2. The number of nitro benzene ring substituents is 1. The second-order valence-corrected chi connectivity index (χ2v) is 5.75. The van der Waals surface area contributed by atoms with Crippen LogP contribution in [0.1, 0.15) is 16.0 Å². The van der Waals surface area contributed by atoms with Gasteiger partial charge >= 0.3 is 0 Å². The first-order valence-electron chi connectivity index (χ1n) is 5.80. The molecular weight excluding hydrogens is 349 g/mol. The highest BCUT2D eigenvalue weighted by Gasteiger charge is 2.15. The Kier molecular flexibility index (Phi) is 4.73. The number of nitrogens with zero attached hydrogens (tertiary/aromatic N) is 1. The summed E-state index contributed by atoms with van der Waals surface area (Å²) in [6.45, 7) is 0. The molecule has 0 bridgehead atoms. The van der Waals surface area contributed by atoms with Crippen LogP contribution in [-0.4, -0.2) is 4.92 Å². The summed E-state index contributed by atoms with van der Waals surface area (Å²) in [7, 11) is 0. The van der Waals surface area contributed by atoms with Crippen LogP contribution in [0.25, 0.3) is 0 Å². The van der Waals surface area contributed by atoms with Gasteiger partial charge in [-0.05, 0) is 18.1 Å². The molecular formula is C14H10BrClFNO2. The molecule has 1 atom stereocenters. The largest absolute Gasteiger partial charge is 0.269 e. The molecule has 0 aliphatic heterocycles. The Morgan fingerprint density at radius 1 is 1.25 bits per heavy atom. The number of nitro groups is 1. The van der Waals surface area contributed by atoms with Gasteiger partial charge in [-0.2, -0.15) is 0 Å². The van der Waals surface area contributed by atoms with E-state index in [1.54, 1.807) is 24.3 Å². The maximum absolute atomic E-state index is 13.9. The predicted molar refractivity (Wildman–Crippen MR) is 79.9 cm³/mol. The molecule has 0 amide bonds. The van der Waals surface area contributed by atoms with Gasteiger partial charge in [0.15, 0.2) is 0 Å². The number of rotatable bonds is 4. The normalized spacial score (nSPS) is 12.2. The van der Waals surface area contributed by atoms with E-state index >= 15 is 0 Å². The van der Waals surface area contributed by atoms with Gasteiger partial charge in [-0.3, -0.25) is 10.1 Å². The Morgan fingerprint density at radius 2 is 1.90 bits per heavy atom. The van der Waals surface area contributed by atoms with Crippen molar-refractivity contribution < 1.29 is 9.31 Å². The van der Waals surface area contributed by atoms with Crippen molar-refractivity contribution >= 4 is 33.2 Å². The molecule has 2 aromatic carbocycles. The van der Waals surface area contributed by atoms with E-state index in [0.29, 0.717) is 12.0 Å². The lowest BCUT2D eigenvalue weighted by molar-refractivity contribution is -0.384. The van der Waals surface area contributed by atoms with Gasteiger partial charge in [-0.15, -0.1) is 0 Å². The fourth-order valence-electron chi connectivity index (χ4n) is 1.83. The molecule has 0 aliphatic carbocycles. The standard InChI is InChI=1S/C14H10BrClFNO2/c15-12(11-2-1-3-13(16)14(11)17)8-9-4-6-10(7-5-9)18(19)20/h1-7,12H,8H2. The average molecular weight is 359 g/mol. The molecule has 0 aliphatic rings. The van der Waals surface area contributed by atoms with Gasteiger partial charge in [-0.25, -0.2) is 4.39 Å². The van der Waals surface area contributed by atoms with Gasteiger partial charge in [0.1, 0.15) is 5.82 Å². The quantitative estimate of drug-likeness (QED) is 0.435. The van der Waals surface area contributed by atoms with Gasteiger partial charge in [0.25, 0.3) is 5.69 Å². The van der Waals surface area contributed by atoms with E-state index in [0.717, 1.165) is 5.56 Å². The molecule has 0 saturated carbocycles. The van der Waals surface area contributed by atoms with E-state index in [4.69, 9.17) is 11.6 Å². The summed E-state index contributed by atoms with van der Waals surface area (Å²) >= 11 is 9.17. The predicted octanol–water partition coefficient (Wildman–Crippen LogP) is 5.07. The first kappa shape index (κ1) is 14.9. The summed E-state index contributed by atoms with van der Waals surface area (Å²) < 4.78 is 13.9. The highest BCUT2D eigenvalue weighted by atomic mass is 79.9. The minimum absolute atomic E-state index is 0.0359. The van der Waals surface area contributed by atoms with Crippen molar-refractivity contribution in [1.82, 2.24) is 0 Å². The zero-order chi connectivity index (χ0) is 14.7. The van der Waals surface area contributed by atoms with E-state index in [1.165, 1.54) is 18.2 Å². The van der Waals surface area contributed by atoms with Crippen LogP contribution < -0.4 is 0 Å². The Bertz CT molecular complexity index is 634. The minimum Gasteiger partial charge on any atom is -0.258 e. The molecule has 2 rings (SSSR count). The summed E-state index contributed by atoms with van der Waals surface area (Å²) in [4.78, 5) is 9.87. The van der Waals surface area contributed by atoms with Crippen molar-refractivity contribution in [3.63, 3.8) is 0 Å². The van der Waals surface area contributed by atoms with Gasteiger partial charge in [0.05, 0.1) is 9.95 Å². The van der Waals surface area contributed by atoms with Crippen LogP contribution in [0.15, 0.2) is 42.5 Å². The molecule has 2 aromatic rings. The van der Waals surface area contributed by atoms with Crippen LogP contribution >= 0.6 is 27.5 Å². The Balaban J connectivity index is 2.17. The molecule has 0 saturated heterocycles. The Hall–Kier alpha value is -1.46. The molecule has 0 aromatic heterocycles. The van der Waals surface area contributed by atoms with Crippen LogP contribution in [0, 0.1) is 15.9 Å². The lowest BCUT2D eigenvalue weighted by Gasteiger charge is -2.12. The van der Waals surface area contributed by atoms with E-state index in [-0.39, 0.29) is 15.5 Å². The van der Waals surface area contributed by atoms with E-state index in [9.17, 15) is 14.5 Å². The van der Waals surface area contributed by atoms with E-state index in [1.807, 2.05) is 0 Å². The van der Waals surface area contributed by atoms with Crippen molar-refractivity contribution in [2.75, 3.05) is 0 Å². The monoisotopic (exact) mass is 357 g/mol. The number of alkyl halides is 1. The summed E-state index contributed by atoms with van der Waals surface area (Å²) in [5, 5.41) is 10.6. The molecule has 6 heteroatoms. The lowest BCUT2D eigenvalue weighted by atomic mass is 10.0. The topological polar surface area (TPSA) is 43.1 Å². The Labute approximate surface area is 128 Å². The van der Waals surface area contributed by atoms with Gasteiger partial charge < -0.3 is 0 Å². The Morgan fingerprint density at radius 3 is 2.50 bits per heavy atom. The first-order chi connectivity index (χ1) is 9.49. The van der Waals surface area contributed by atoms with Crippen LogP contribution in [-0.2, 0) is 6.42 Å².